The summed E-state index contributed by atoms with van der Waals surface area (Å²) in [5.74, 6) is 1.93. The SMILES string of the molecule is C=CCOC[C@H](CO)Oc1cc(C)c(-c2c(-c3ccc(F)cc3)sc3ncnc(O[C@H](Cc4cc(O[Si](C)(C)C(C)(C)C)ccc4OCc4ccnc(-c5ccccc5OC)n4)C(=O)OCC)c23)c(C)c1. The molecule has 0 aliphatic carbocycles. The van der Waals surface area contributed by atoms with Crippen LogP contribution in [0.25, 0.3) is 43.2 Å². The summed E-state index contributed by atoms with van der Waals surface area (Å²) in [5.41, 5.74) is 5.97. The highest BCUT2D eigenvalue weighted by Gasteiger charge is 2.39. The van der Waals surface area contributed by atoms with Crippen molar-refractivity contribution in [3.05, 3.63) is 138 Å². The van der Waals surface area contributed by atoms with Crippen LogP contribution in [0.1, 0.15) is 50.1 Å². The van der Waals surface area contributed by atoms with Crippen molar-refractivity contribution in [3.8, 4) is 61.8 Å². The van der Waals surface area contributed by atoms with E-state index in [0.717, 1.165) is 38.3 Å². The van der Waals surface area contributed by atoms with Gasteiger partial charge in [0.15, 0.2) is 5.82 Å². The van der Waals surface area contributed by atoms with Gasteiger partial charge in [-0.3, -0.25) is 0 Å². The number of rotatable bonds is 22. The normalized spacial score (nSPS) is 12.5. The topological polar surface area (TPSA) is 153 Å². The third-order valence-corrected chi connectivity index (χ3v) is 17.7. The lowest BCUT2D eigenvalue weighted by Gasteiger charge is -2.36. The fourth-order valence-corrected chi connectivity index (χ4v) is 9.89. The van der Waals surface area contributed by atoms with E-state index in [9.17, 15) is 14.3 Å². The number of carbonyl (C=O) groups is 1. The van der Waals surface area contributed by atoms with Crippen LogP contribution in [0.5, 0.6) is 28.9 Å². The molecule has 7 rings (SSSR count). The lowest BCUT2D eigenvalue weighted by atomic mass is 9.92. The molecule has 0 bridgehead atoms. The lowest BCUT2D eigenvalue weighted by molar-refractivity contribution is -0.151. The monoisotopic (exact) mass is 1000 g/mol. The summed E-state index contributed by atoms with van der Waals surface area (Å²) < 4.78 is 57.7. The van der Waals surface area contributed by atoms with Crippen molar-refractivity contribution in [1.29, 1.82) is 0 Å². The van der Waals surface area contributed by atoms with Gasteiger partial charge >= 0.3 is 5.97 Å². The number of nitrogens with zero attached hydrogens (tertiary/aromatic N) is 4. The van der Waals surface area contributed by atoms with Crippen LogP contribution < -0.4 is 23.4 Å². The average molecular weight is 1000 g/mol. The van der Waals surface area contributed by atoms with E-state index in [-0.39, 0.29) is 49.6 Å². The molecule has 0 spiro atoms. The second kappa shape index (κ2) is 23.0. The van der Waals surface area contributed by atoms with Crippen molar-refractivity contribution in [2.45, 2.75) is 84.9 Å². The number of esters is 1. The summed E-state index contributed by atoms with van der Waals surface area (Å²) in [4.78, 5) is 34.3. The Bertz CT molecular complexity index is 2960. The van der Waals surface area contributed by atoms with E-state index in [1.54, 1.807) is 44.5 Å². The van der Waals surface area contributed by atoms with Gasteiger partial charge in [-0.05, 0) is 122 Å². The number of ether oxygens (including phenoxy) is 6. The van der Waals surface area contributed by atoms with E-state index in [1.807, 2.05) is 68.4 Å². The number of methoxy groups -OCH3 is 1. The first-order valence-corrected chi connectivity index (χ1v) is 27.1. The number of para-hydroxylation sites is 1. The molecule has 0 saturated heterocycles. The van der Waals surface area contributed by atoms with Crippen molar-refractivity contribution in [1.82, 2.24) is 19.9 Å². The average Bonchev–Trinajstić information content (AvgIpc) is 3.72. The van der Waals surface area contributed by atoms with Crippen LogP contribution in [0.15, 0.2) is 110 Å². The van der Waals surface area contributed by atoms with Gasteiger partial charge in [0.2, 0.25) is 20.3 Å². The van der Waals surface area contributed by atoms with Crippen LogP contribution in [-0.4, -0.2) is 85.1 Å². The molecule has 0 fully saturated rings. The van der Waals surface area contributed by atoms with Crippen LogP contribution in [0, 0.1) is 19.7 Å². The third-order valence-electron chi connectivity index (χ3n) is 12.2. The molecular weight excluding hydrogens is 940 g/mol. The summed E-state index contributed by atoms with van der Waals surface area (Å²) in [6.07, 6.45) is 2.88. The smallest absolute Gasteiger partial charge is 0.347 e. The van der Waals surface area contributed by atoms with Gasteiger partial charge < -0.3 is 38.0 Å². The third kappa shape index (κ3) is 12.4. The first-order valence-electron chi connectivity index (χ1n) is 23.4. The fourth-order valence-electron chi connectivity index (χ4n) is 7.72. The Hall–Kier alpha value is -6.72. The maximum absolute atomic E-state index is 14.4. The minimum Gasteiger partial charge on any atom is -0.543 e. The van der Waals surface area contributed by atoms with Gasteiger partial charge in [-0.1, -0.05) is 51.1 Å². The van der Waals surface area contributed by atoms with Gasteiger partial charge in [-0.15, -0.1) is 17.9 Å². The van der Waals surface area contributed by atoms with Gasteiger partial charge in [0, 0.05) is 28.6 Å². The summed E-state index contributed by atoms with van der Waals surface area (Å²) in [6.45, 7) is 20.6. The summed E-state index contributed by atoms with van der Waals surface area (Å²) in [6, 6.07) is 25.0. The molecule has 4 aromatic carbocycles. The number of hydrogen-bond donors (Lipinski definition) is 1. The lowest BCUT2D eigenvalue weighted by Crippen LogP contribution is -2.43. The van der Waals surface area contributed by atoms with E-state index in [0.29, 0.717) is 56.9 Å². The summed E-state index contributed by atoms with van der Waals surface area (Å²) in [7, 11) is -0.718. The Labute approximate surface area is 419 Å². The predicted octanol–water partition coefficient (Wildman–Crippen LogP) is 11.7. The van der Waals surface area contributed by atoms with E-state index < -0.39 is 26.5 Å². The highest BCUT2D eigenvalue weighted by Crippen LogP contribution is 2.49. The Balaban J connectivity index is 1.31. The minimum absolute atomic E-state index is 0.00151. The first kappa shape index (κ1) is 52.1. The maximum Gasteiger partial charge on any atom is 0.347 e. The largest absolute Gasteiger partial charge is 0.543 e. The standard InChI is InChI=1S/C55H61FN4O9SSi/c1-11-25-64-32-42(30-61)67-41-26-34(3)47(35(4)27-41)48-49-52(58-33-59-53(49)70-50(48)36-17-19-38(56)20-18-36)68-46(54(62)65-12-2)29-37-28-40(69-71(9,10)55(5,6)7)21-22-44(37)66-31-39-23-24-57-51(60-39)43-15-13-14-16-45(43)63-8/h11,13-24,26-28,33,42,46,61H,1,12,25,29-32H2,2-10H3/t42-,46+/m0/s1. The molecular formula is C55H61FN4O9SSi. The quantitative estimate of drug-likeness (QED) is 0.0297. The Morgan fingerprint density at radius 1 is 0.915 bits per heavy atom. The molecule has 1 N–H and O–H groups in total. The second-order valence-corrected chi connectivity index (χ2v) is 24.1. The van der Waals surface area contributed by atoms with Gasteiger partial charge in [0.1, 0.15) is 52.7 Å². The van der Waals surface area contributed by atoms with E-state index in [1.165, 1.54) is 29.8 Å². The number of aryl methyl sites for hydroxylation is 2. The second-order valence-electron chi connectivity index (χ2n) is 18.4. The van der Waals surface area contributed by atoms with Crippen LogP contribution in [0.2, 0.25) is 18.1 Å². The number of aliphatic hydroxyl groups excluding tert-OH is 1. The molecule has 0 unspecified atom stereocenters. The van der Waals surface area contributed by atoms with Crippen molar-refractivity contribution in [3.63, 3.8) is 0 Å². The molecule has 3 heterocycles. The maximum atomic E-state index is 14.4. The Morgan fingerprint density at radius 2 is 1.66 bits per heavy atom. The van der Waals surface area contributed by atoms with Gasteiger partial charge in [0.05, 0.1) is 50.2 Å². The molecule has 0 saturated carbocycles. The highest BCUT2D eigenvalue weighted by atomic mass is 32.1. The molecule has 7 aromatic rings. The molecule has 0 aliphatic heterocycles. The number of aromatic nitrogens is 4. The minimum atomic E-state index is -2.32. The zero-order valence-electron chi connectivity index (χ0n) is 41.7. The first-order chi connectivity index (χ1) is 34.0. The molecule has 2 atom stereocenters. The summed E-state index contributed by atoms with van der Waals surface area (Å²) >= 11 is 1.40. The highest BCUT2D eigenvalue weighted by molar-refractivity contribution is 7.22. The fraction of sp³-hybridized carbons (Fsp3) is 0.327. The van der Waals surface area contributed by atoms with Crippen molar-refractivity contribution in [2.75, 3.05) is 33.5 Å². The molecule has 0 aliphatic rings. The zero-order chi connectivity index (χ0) is 50.9. The number of fused-ring (bicyclic) bond motifs is 1. The molecule has 0 radical (unpaired) electrons. The van der Waals surface area contributed by atoms with Gasteiger partial charge in [-0.25, -0.2) is 29.1 Å². The molecule has 16 heteroatoms. The van der Waals surface area contributed by atoms with E-state index in [4.69, 9.17) is 47.8 Å². The number of benzene rings is 4. The van der Waals surface area contributed by atoms with Crippen molar-refractivity contribution < 1.29 is 47.1 Å². The molecule has 372 valence electrons. The number of halogens is 1. The molecule has 3 aromatic heterocycles. The van der Waals surface area contributed by atoms with Gasteiger partial charge in [-0.2, -0.15) is 0 Å². The number of hydrogen-bond acceptors (Lipinski definition) is 14. The van der Waals surface area contributed by atoms with Crippen LogP contribution in [0.4, 0.5) is 4.39 Å². The van der Waals surface area contributed by atoms with Crippen LogP contribution in [-0.2, 0) is 27.3 Å². The van der Waals surface area contributed by atoms with Crippen LogP contribution >= 0.6 is 11.3 Å². The Kier molecular flexibility index (Phi) is 16.9. The molecule has 0 amide bonds. The van der Waals surface area contributed by atoms with Crippen molar-refractivity contribution in [2.24, 2.45) is 0 Å². The zero-order valence-corrected chi connectivity index (χ0v) is 43.5. The summed E-state index contributed by atoms with van der Waals surface area (Å²) in [5, 5.41) is 10.6. The van der Waals surface area contributed by atoms with Crippen molar-refractivity contribution >= 4 is 35.8 Å². The number of carbonyl (C=O) groups excluding carboxylic acids is 1. The Morgan fingerprint density at radius 3 is 2.35 bits per heavy atom. The van der Waals surface area contributed by atoms with Crippen LogP contribution in [0.3, 0.4) is 0 Å². The molecule has 13 nitrogen and oxygen atoms in total. The van der Waals surface area contributed by atoms with Gasteiger partial charge in [0.25, 0.3) is 0 Å². The van der Waals surface area contributed by atoms with E-state index in [2.05, 4.69) is 45.4 Å². The molecule has 71 heavy (non-hydrogen) atoms. The van der Waals surface area contributed by atoms with E-state index >= 15 is 0 Å². The predicted molar refractivity (Wildman–Crippen MR) is 278 cm³/mol. The number of aliphatic hydroxyl groups is 1. The number of thiophene rings is 1.